The standard InChI is InChI=1S/C17H24O5/c1-3-20-16(18)10-7-11-21-14(2)12-17(19)22-13-15-8-5-4-6-9-15/h4-6,8-9,14H,3,7,10-13H2,1-2H3/t14-/m0/s1. The third kappa shape index (κ3) is 8.42. The maximum Gasteiger partial charge on any atom is 0.308 e. The largest absolute Gasteiger partial charge is 0.466 e. The summed E-state index contributed by atoms with van der Waals surface area (Å²) in [5.41, 5.74) is 0.957. The van der Waals surface area contributed by atoms with Crippen molar-refractivity contribution in [1.29, 1.82) is 0 Å². The number of hydrogen-bond donors (Lipinski definition) is 0. The van der Waals surface area contributed by atoms with E-state index in [1.165, 1.54) is 0 Å². The minimum absolute atomic E-state index is 0.201. The van der Waals surface area contributed by atoms with Gasteiger partial charge in [-0.15, -0.1) is 0 Å². The van der Waals surface area contributed by atoms with E-state index in [1.807, 2.05) is 37.3 Å². The second kappa shape index (κ2) is 10.8. The van der Waals surface area contributed by atoms with Crippen LogP contribution in [0.15, 0.2) is 30.3 Å². The molecule has 1 rings (SSSR count). The number of esters is 2. The summed E-state index contributed by atoms with van der Waals surface area (Å²) < 4.78 is 15.5. The summed E-state index contributed by atoms with van der Waals surface area (Å²) in [6.45, 7) is 4.68. The summed E-state index contributed by atoms with van der Waals surface area (Å²) >= 11 is 0. The fourth-order valence-electron chi connectivity index (χ4n) is 1.82. The van der Waals surface area contributed by atoms with Crippen molar-refractivity contribution in [3.63, 3.8) is 0 Å². The lowest BCUT2D eigenvalue weighted by Gasteiger charge is -2.12. The van der Waals surface area contributed by atoms with Crippen LogP contribution in [0.2, 0.25) is 0 Å². The highest BCUT2D eigenvalue weighted by molar-refractivity contribution is 5.70. The zero-order valence-electron chi connectivity index (χ0n) is 13.2. The Morgan fingerprint density at radius 3 is 2.50 bits per heavy atom. The molecular formula is C17H24O5. The maximum absolute atomic E-state index is 11.7. The molecule has 5 heteroatoms. The first-order chi connectivity index (χ1) is 10.6. The molecule has 0 spiro atoms. The SMILES string of the molecule is CCOC(=O)CCCO[C@@H](C)CC(=O)OCc1ccccc1. The van der Waals surface area contributed by atoms with Crippen molar-refractivity contribution in [2.24, 2.45) is 0 Å². The van der Waals surface area contributed by atoms with E-state index >= 15 is 0 Å². The highest BCUT2D eigenvalue weighted by Crippen LogP contribution is 2.05. The highest BCUT2D eigenvalue weighted by atomic mass is 16.5. The summed E-state index contributed by atoms with van der Waals surface area (Å²) in [4.78, 5) is 22.8. The Labute approximate surface area is 131 Å². The third-order valence-electron chi connectivity index (χ3n) is 2.93. The van der Waals surface area contributed by atoms with Gasteiger partial charge in [0.2, 0.25) is 0 Å². The van der Waals surface area contributed by atoms with Crippen molar-refractivity contribution < 1.29 is 23.8 Å². The second-order valence-electron chi connectivity index (χ2n) is 4.94. The van der Waals surface area contributed by atoms with Crippen LogP contribution in [-0.4, -0.2) is 31.3 Å². The molecule has 0 aliphatic carbocycles. The lowest BCUT2D eigenvalue weighted by Crippen LogP contribution is -2.17. The van der Waals surface area contributed by atoms with Gasteiger partial charge in [0.1, 0.15) is 6.61 Å². The van der Waals surface area contributed by atoms with Gasteiger partial charge in [-0.3, -0.25) is 9.59 Å². The highest BCUT2D eigenvalue weighted by Gasteiger charge is 2.11. The van der Waals surface area contributed by atoms with E-state index < -0.39 is 0 Å². The molecule has 0 unspecified atom stereocenters. The molecule has 1 aromatic carbocycles. The van der Waals surface area contributed by atoms with E-state index in [2.05, 4.69) is 0 Å². The first-order valence-corrected chi connectivity index (χ1v) is 7.58. The number of hydrogen-bond acceptors (Lipinski definition) is 5. The number of rotatable bonds is 10. The zero-order chi connectivity index (χ0) is 16.2. The Balaban J connectivity index is 2.09. The Bertz CT molecular complexity index is 444. The summed E-state index contributed by atoms with van der Waals surface area (Å²) in [5.74, 6) is -0.511. The maximum atomic E-state index is 11.7. The van der Waals surface area contributed by atoms with Gasteiger partial charge in [-0.05, 0) is 25.8 Å². The average molecular weight is 308 g/mol. The molecule has 0 heterocycles. The number of carbonyl (C=O) groups excluding carboxylic acids is 2. The normalized spacial score (nSPS) is 11.7. The second-order valence-corrected chi connectivity index (χ2v) is 4.94. The molecule has 0 aliphatic rings. The molecule has 1 aromatic rings. The molecule has 0 amide bonds. The minimum Gasteiger partial charge on any atom is -0.466 e. The Kier molecular flexibility index (Phi) is 8.91. The van der Waals surface area contributed by atoms with E-state index in [0.717, 1.165) is 5.56 Å². The summed E-state index contributed by atoms with van der Waals surface area (Å²) in [7, 11) is 0. The molecule has 0 fully saturated rings. The zero-order valence-corrected chi connectivity index (χ0v) is 13.2. The molecule has 0 saturated heterocycles. The third-order valence-corrected chi connectivity index (χ3v) is 2.93. The van der Waals surface area contributed by atoms with Crippen LogP contribution in [0.25, 0.3) is 0 Å². The van der Waals surface area contributed by atoms with E-state index in [-0.39, 0.29) is 31.1 Å². The minimum atomic E-state index is -0.290. The molecule has 1 atom stereocenters. The molecule has 0 saturated carbocycles. The average Bonchev–Trinajstić information content (AvgIpc) is 2.51. The number of ether oxygens (including phenoxy) is 3. The number of carbonyl (C=O) groups is 2. The van der Waals surface area contributed by atoms with Crippen LogP contribution in [-0.2, 0) is 30.4 Å². The van der Waals surface area contributed by atoms with E-state index in [9.17, 15) is 9.59 Å². The van der Waals surface area contributed by atoms with Crippen molar-refractivity contribution in [3.05, 3.63) is 35.9 Å². The molecule has 0 N–H and O–H groups in total. The summed E-state index contributed by atoms with van der Waals surface area (Å²) in [6, 6.07) is 9.53. The van der Waals surface area contributed by atoms with Crippen LogP contribution in [0.4, 0.5) is 0 Å². The summed E-state index contributed by atoms with van der Waals surface area (Å²) in [6.07, 6.45) is 0.887. The van der Waals surface area contributed by atoms with Gasteiger partial charge in [0.05, 0.1) is 19.1 Å². The van der Waals surface area contributed by atoms with E-state index in [4.69, 9.17) is 14.2 Å². The van der Waals surface area contributed by atoms with Crippen LogP contribution in [0.3, 0.4) is 0 Å². The quantitative estimate of drug-likeness (QED) is 0.491. The van der Waals surface area contributed by atoms with Crippen LogP contribution < -0.4 is 0 Å². The van der Waals surface area contributed by atoms with Gasteiger partial charge in [-0.1, -0.05) is 30.3 Å². The Hall–Kier alpha value is -1.88. The van der Waals surface area contributed by atoms with Crippen LogP contribution in [0.5, 0.6) is 0 Å². The molecule has 0 aliphatic heterocycles. The van der Waals surface area contributed by atoms with Crippen LogP contribution in [0, 0.1) is 0 Å². The van der Waals surface area contributed by atoms with Gasteiger partial charge in [0.25, 0.3) is 0 Å². The summed E-state index contributed by atoms with van der Waals surface area (Å²) in [5, 5.41) is 0. The van der Waals surface area contributed by atoms with Gasteiger partial charge < -0.3 is 14.2 Å². The van der Waals surface area contributed by atoms with Crippen molar-refractivity contribution in [1.82, 2.24) is 0 Å². The van der Waals surface area contributed by atoms with E-state index in [0.29, 0.717) is 26.1 Å². The first kappa shape index (κ1) is 18.2. The Morgan fingerprint density at radius 2 is 1.82 bits per heavy atom. The molecule has 0 radical (unpaired) electrons. The van der Waals surface area contributed by atoms with E-state index in [1.54, 1.807) is 6.92 Å². The lowest BCUT2D eigenvalue weighted by atomic mass is 10.2. The van der Waals surface area contributed by atoms with Gasteiger partial charge in [-0.2, -0.15) is 0 Å². The fourth-order valence-corrected chi connectivity index (χ4v) is 1.82. The predicted molar refractivity (Wildman–Crippen MR) is 82.1 cm³/mol. The first-order valence-electron chi connectivity index (χ1n) is 7.58. The van der Waals surface area contributed by atoms with Gasteiger partial charge in [0, 0.05) is 13.0 Å². The Morgan fingerprint density at radius 1 is 1.09 bits per heavy atom. The topological polar surface area (TPSA) is 61.8 Å². The molecular weight excluding hydrogens is 284 g/mol. The molecule has 22 heavy (non-hydrogen) atoms. The van der Waals surface area contributed by atoms with Crippen LogP contribution >= 0.6 is 0 Å². The van der Waals surface area contributed by atoms with Gasteiger partial charge >= 0.3 is 11.9 Å². The smallest absolute Gasteiger partial charge is 0.308 e. The van der Waals surface area contributed by atoms with Crippen molar-refractivity contribution in [2.75, 3.05) is 13.2 Å². The van der Waals surface area contributed by atoms with Crippen molar-refractivity contribution in [3.8, 4) is 0 Å². The number of benzene rings is 1. The monoisotopic (exact) mass is 308 g/mol. The predicted octanol–water partition coefficient (Wildman–Crippen LogP) is 2.87. The fraction of sp³-hybridized carbons (Fsp3) is 0.529. The van der Waals surface area contributed by atoms with Crippen molar-refractivity contribution >= 4 is 11.9 Å². The molecule has 0 aromatic heterocycles. The van der Waals surface area contributed by atoms with Crippen molar-refractivity contribution in [2.45, 2.75) is 45.8 Å². The lowest BCUT2D eigenvalue weighted by molar-refractivity contribution is -0.148. The molecule has 122 valence electrons. The van der Waals surface area contributed by atoms with Gasteiger partial charge in [-0.25, -0.2) is 0 Å². The molecule has 0 bridgehead atoms. The molecule has 5 nitrogen and oxygen atoms in total. The van der Waals surface area contributed by atoms with Crippen LogP contribution in [0.1, 0.15) is 38.7 Å². The van der Waals surface area contributed by atoms with Gasteiger partial charge in [0.15, 0.2) is 0 Å².